The Bertz CT molecular complexity index is 892. The molecule has 0 aliphatic carbocycles. The highest BCUT2D eigenvalue weighted by Crippen LogP contribution is 2.33. The first-order chi connectivity index (χ1) is 12.3. The number of benzene rings is 1. The van der Waals surface area contributed by atoms with Crippen molar-refractivity contribution in [1.82, 2.24) is 9.62 Å². The van der Waals surface area contributed by atoms with Crippen molar-refractivity contribution in [3.05, 3.63) is 52.4 Å². The van der Waals surface area contributed by atoms with Gasteiger partial charge in [-0.3, -0.25) is 4.79 Å². The van der Waals surface area contributed by atoms with E-state index in [9.17, 15) is 13.2 Å². The molecule has 0 unspecified atom stereocenters. The highest BCUT2D eigenvalue weighted by molar-refractivity contribution is 7.91. The van der Waals surface area contributed by atoms with Crippen LogP contribution in [0.5, 0.6) is 0 Å². The SMILES string of the molecule is Cc1ccc([C@@H]2CCCN2C(=O)[C@H](C)NS(=O)(=O)c2cccs2)cc1C. The summed E-state index contributed by atoms with van der Waals surface area (Å²) in [5.41, 5.74) is 3.54. The minimum absolute atomic E-state index is 0.00971. The number of sulfonamides is 1. The van der Waals surface area contributed by atoms with Crippen LogP contribution >= 0.6 is 11.3 Å². The minimum atomic E-state index is -3.66. The lowest BCUT2D eigenvalue weighted by molar-refractivity contribution is -0.133. The average Bonchev–Trinajstić information content (AvgIpc) is 3.28. The molecule has 3 rings (SSSR count). The Balaban J connectivity index is 1.76. The Labute approximate surface area is 159 Å². The van der Waals surface area contributed by atoms with Gasteiger partial charge in [0, 0.05) is 6.54 Å². The van der Waals surface area contributed by atoms with Crippen LogP contribution in [0.4, 0.5) is 0 Å². The number of amides is 1. The average molecular weight is 393 g/mol. The predicted octanol–water partition coefficient (Wildman–Crippen LogP) is 3.40. The quantitative estimate of drug-likeness (QED) is 0.848. The van der Waals surface area contributed by atoms with Crippen LogP contribution in [0.3, 0.4) is 0 Å². The van der Waals surface area contributed by atoms with Crippen LogP contribution in [0.2, 0.25) is 0 Å². The van der Waals surface area contributed by atoms with Crippen molar-refractivity contribution >= 4 is 27.3 Å². The van der Waals surface area contributed by atoms with E-state index in [2.05, 4.69) is 36.8 Å². The third-order valence-electron chi connectivity index (χ3n) is 4.91. The van der Waals surface area contributed by atoms with Gasteiger partial charge < -0.3 is 4.90 Å². The van der Waals surface area contributed by atoms with Crippen LogP contribution in [0.15, 0.2) is 39.9 Å². The number of aryl methyl sites for hydroxylation is 2. The van der Waals surface area contributed by atoms with Crippen LogP contribution in [0, 0.1) is 13.8 Å². The third-order valence-corrected chi connectivity index (χ3v) is 7.85. The number of nitrogens with zero attached hydrogens (tertiary/aromatic N) is 1. The standard InChI is InChI=1S/C19H24N2O3S2/c1-13-8-9-16(12-14(13)2)17-6-4-10-21(17)19(22)15(3)20-26(23,24)18-7-5-11-25-18/h5,7-9,11-12,15,17,20H,4,6,10H2,1-3H3/t15-,17-/m0/s1. The lowest BCUT2D eigenvalue weighted by Gasteiger charge is -2.28. The Morgan fingerprint density at radius 3 is 2.69 bits per heavy atom. The van der Waals surface area contributed by atoms with Crippen LogP contribution in [0.25, 0.3) is 0 Å². The van der Waals surface area contributed by atoms with Gasteiger partial charge in [0.15, 0.2) is 0 Å². The smallest absolute Gasteiger partial charge is 0.250 e. The molecule has 1 N–H and O–H groups in total. The molecule has 0 spiro atoms. The second kappa shape index (κ2) is 7.50. The van der Waals surface area contributed by atoms with Crippen LogP contribution in [0.1, 0.15) is 42.5 Å². The molecular formula is C19H24N2O3S2. The van der Waals surface area contributed by atoms with Crippen LogP contribution < -0.4 is 4.72 Å². The van der Waals surface area contributed by atoms with Crippen molar-refractivity contribution in [3.8, 4) is 0 Å². The lowest BCUT2D eigenvalue weighted by atomic mass is 9.99. The lowest BCUT2D eigenvalue weighted by Crippen LogP contribution is -2.46. The van der Waals surface area contributed by atoms with Gasteiger partial charge in [-0.1, -0.05) is 24.3 Å². The highest BCUT2D eigenvalue weighted by Gasteiger charge is 2.34. The fraction of sp³-hybridized carbons (Fsp3) is 0.421. The van der Waals surface area contributed by atoms with E-state index in [0.29, 0.717) is 6.54 Å². The first kappa shape index (κ1) is 19.1. The second-order valence-electron chi connectivity index (χ2n) is 6.81. The number of carbonyl (C=O) groups is 1. The van der Waals surface area contributed by atoms with Crippen molar-refractivity contribution in [2.75, 3.05) is 6.54 Å². The number of nitrogens with one attached hydrogen (secondary N) is 1. The Morgan fingerprint density at radius 2 is 2.04 bits per heavy atom. The maximum absolute atomic E-state index is 12.9. The van der Waals surface area contributed by atoms with Gasteiger partial charge in [0.25, 0.3) is 10.0 Å². The topological polar surface area (TPSA) is 66.5 Å². The van der Waals surface area contributed by atoms with E-state index in [0.717, 1.165) is 29.7 Å². The summed E-state index contributed by atoms with van der Waals surface area (Å²) in [5.74, 6) is -0.175. The molecule has 5 nitrogen and oxygen atoms in total. The van der Waals surface area contributed by atoms with E-state index in [1.165, 1.54) is 17.2 Å². The van der Waals surface area contributed by atoms with Gasteiger partial charge >= 0.3 is 0 Å². The Hall–Kier alpha value is -1.70. The number of hydrogen-bond donors (Lipinski definition) is 1. The summed E-state index contributed by atoms with van der Waals surface area (Å²) in [4.78, 5) is 14.7. The van der Waals surface area contributed by atoms with Gasteiger partial charge in [-0.05, 0) is 61.7 Å². The molecule has 140 valence electrons. The highest BCUT2D eigenvalue weighted by atomic mass is 32.2. The zero-order valence-corrected chi connectivity index (χ0v) is 16.9. The fourth-order valence-electron chi connectivity index (χ4n) is 3.36. The zero-order valence-electron chi connectivity index (χ0n) is 15.2. The number of likely N-dealkylation sites (tertiary alicyclic amines) is 1. The normalized spacial score (nSPS) is 18.9. The summed E-state index contributed by atoms with van der Waals surface area (Å²) >= 11 is 1.14. The van der Waals surface area contributed by atoms with Gasteiger partial charge in [-0.25, -0.2) is 8.42 Å². The maximum atomic E-state index is 12.9. The van der Waals surface area contributed by atoms with Crippen molar-refractivity contribution < 1.29 is 13.2 Å². The predicted molar refractivity (Wildman–Crippen MR) is 104 cm³/mol. The molecule has 0 saturated carbocycles. The van der Waals surface area contributed by atoms with E-state index in [1.807, 2.05) is 4.90 Å². The van der Waals surface area contributed by atoms with E-state index in [-0.39, 0.29) is 16.2 Å². The summed E-state index contributed by atoms with van der Waals surface area (Å²) in [6, 6.07) is 8.71. The van der Waals surface area contributed by atoms with E-state index >= 15 is 0 Å². The molecular weight excluding hydrogens is 368 g/mol. The molecule has 2 atom stereocenters. The van der Waals surface area contributed by atoms with Gasteiger partial charge in [0.1, 0.15) is 4.21 Å². The maximum Gasteiger partial charge on any atom is 0.250 e. The summed E-state index contributed by atoms with van der Waals surface area (Å²) in [5, 5.41) is 1.71. The van der Waals surface area contributed by atoms with Gasteiger partial charge in [-0.2, -0.15) is 4.72 Å². The molecule has 1 aromatic carbocycles. The van der Waals surface area contributed by atoms with E-state index in [4.69, 9.17) is 0 Å². The summed E-state index contributed by atoms with van der Waals surface area (Å²) < 4.78 is 27.5. The molecule has 0 radical (unpaired) electrons. The molecule has 2 heterocycles. The van der Waals surface area contributed by atoms with Gasteiger partial charge in [0.05, 0.1) is 12.1 Å². The molecule has 1 amide bonds. The molecule has 1 fully saturated rings. The van der Waals surface area contributed by atoms with Crippen LogP contribution in [-0.4, -0.2) is 31.8 Å². The van der Waals surface area contributed by atoms with Crippen molar-refractivity contribution in [2.45, 2.75) is 49.9 Å². The molecule has 1 aliphatic heterocycles. The molecule has 7 heteroatoms. The molecule has 1 aliphatic rings. The minimum Gasteiger partial charge on any atom is -0.334 e. The van der Waals surface area contributed by atoms with Crippen molar-refractivity contribution in [1.29, 1.82) is 0 Å². The summed E-state index contributed by atoms with van der Waals surface area (Å²) in [6.07, 6.45) is 1.83. The molecule has 26 heavy (non-hydrogen) atoms. The first-order valence-corrected chi connectivity index (χ1v) is 11.1. The Morgan fingerprint density at radius 1 is 1.27 bits per heavy atom. The monoisotopic (exact) mass is 392 g/mol. The van der Waals surface area contributed by atoms with Gasteiger partial charge in [-0.15, -0.1) is 11.3 Å². The second-order valence-corrected chi connectivity index (χ2v) is 9.70. The molecule has 2 aromatic rings. The summed E-state index contributed by atoms with van der Waals surface area (Å²) in [7, 11) is -3.66. The number of thiophene rings is 1. The number of carbonyl (C=O) groups excluding carboxylic acids is 1. The largest absolute Gasteiger partial charge is 0.334 e. The third kappa shape index (κ3) is 3.84. The van der Waals surface area contributed by atoms with E-state index < -0.39 is 16.1 Å². The number of hydrogen-bond acceptors (Lipinski definition) is 4. The summed E-state index contributed by atoms with van der Waals surface area (Å²) in [6.45, 7) is 6.40. The number of rotatable bonds is 5. The van der Waals surface area contributed by atoms with Crippen LogP contribution in [-0.2, 0) is 14.8 Å². The Kier molecular flexibility index (Phi) is 5.50. The molecule has 1 saturated heterocycles. The molecule has 0 bridgehead atoms. The van der Waals surface area contributed by atoms with Gasteiger partial charge in [0.2, 0.25) is 5.91 Å². The fourth-order valence-corrected chi connectivity index (χ4v) is 5.56. The molecule has 1 aromatic heterocycles. The zero-order chi connectivity index (χ0) is 18.9. The van der Waals surface area contributed by atoms with E-state index in [1.54, 1.807) is 18.4 Å². The van der Waals surface area contributed by atoms with Crippen molar-refractivity contribution in [2.24, 2.45) is 0 Å². The first-order valence-electron chi connectivity index (χ1n) is 8.73. The van der Waals surface area contributed by atoms with Crippen molar-refractivity contribution in [3.63, 3.8) is 0 Å².